The van der Waals surface area contributed by atoms with Crippen molar-refractivity contribution in [2.24, 2.45) is 0 Å². The second kappa shape index (κ2) is 8.64. The first-order chi connectivity index (χ1) is 15.4. The average molecular weight is 450 g/mol. The Labute approximate surface area is 188 Å². The number of carbonyl (C=O) groups is 1. The first-order valence-electron chi connectivity index (χ1n) is 9.83. The quantitative estimate of drug-likeness (QED) is 0.468. The van der Waals surface area contributed by atoms with E-state index in [0.29, 0.717) is 33.4 Å². The summed E-state index contributed by atoms with van der Waals surface area (Å²) in [6.07, 6.45) is 6.85. The molecule has 32 heavy (non-hydrogen) atoms. The number of aromatic nitrogens is 5. The summed E-state index contributed by atoms with van der Waals surface area (Å²) < 4.78 is 2.83. The molecular formula is C22H20ClN7O2. The fourth-order valence-electron chi connectivity index (χ4n) is 3.26. The minimum absolute atomic E-state index is 0.165. The number of nitrogens with two attached hydrogens (primary N) is 1. The van der Waals surface area contributed by atoms with Crippen LogP contribution >= 0.6 is 11.6 Å². The second-order valence-electron chi connectivity index (χ2n) is 6.94. The minimum atomic E-state index is -0.389. The highest BCUT2D eigenvalue weighted by Gasteiger charge is 2.20. The molecule has 2 N–H and O–H groups in total. The van der Waals surface area contributed by atoms with Gasteiger partial charge in [-0.05, 0) is 48.9 Å². The number of nitrogens with zero attached hydrogens (tertiary/aromatic N) is 6. The molecule has 3 heterocycles. The topological polar surface area (TPSA) is 112 Å². The Balaban J connectivity index is 1.84. The number of pyridine rings is 1. The van der Waals surface area contributed by atoms with Gasteiger partial charge in [0.05, 0.1) is 17.6 Å². The Bertz CT molecular complexity index is 1370. The molecule has 9 nitrogen and oxygen atoms in total. The van der Waals surface area contributed by atoms with Crippen molar-refractivity contribution >= 4 is 40.3 Å². The van der Waals surface area contributed by atoms with Crippen LogP contribution in [0.25, 0.3) is 22.5 Å². The van der Waals surface area contributed by atoms with Gasteiger partial charge in [0.25, 0.3) is 5.91 Å². The van der Waals surface area contributed by atoms with Crippen LogP contribution < -0.4 is 16.3 Å². The highest BCUT2D eigenvalue weighted by molar-refractivity contribution is 6.30. The molecule has 0 unspecified atom stereocenters. The van der Waals surface area contributed by atoms with Crippen molar-refractivity contribution in [2.75, 3.05) is 17.7 Å². The number of benzene rings is 1. The highest BCUT2D eigenvalue weighted by Crippen LogP contribution is 2.24. The molecular weight excluding hydrogens is 430 g/mol. The predicted octanol–water partition coefficient (Wildman–Crippen LogP) is 3.13. The van der Waals surface area contributed by atoms with Gasteiger partial charge in [0.15, 0.2) is 11.5 Å². The number of hydrogen-bond acceptors (Lipinski definition) is 6. The normalized spacial score (nSPS) is 11.3. The lowest BCUT2D eigenvalue weighted by atomic mass is 10.3. The van der Waals surface area contributed by atoms with Crippen molar-refractivity contribution in [1.82, 2.24) is 24.1 Å². The summed E-state index contributed by atoms with van der Waals surface area (Å²) in [5.41, 5.74) is 7.47. The summed E-state index contributed by atoms with van der Waals surface area (Å²) in [7, 11) is 1.64. The van der Waals surface area contributed by atoms with E-state index in [2.05, 4.69) is 15.0 Å². The van der Waals surface area contributed by atoms with E-state index in [1.165, 1.54) is 32.6 Å². The lowest BCUT2D eigenvalue weighted by Crippen LogP contribution is -2.25. The van der Waals surface area contributed by atoms with E-state index in [9.17, 15) is 9.59 Å². The molecule has 1 amide bonds. The number of rotatable bonds is 5. The molecule has 0 saturated carbocycles. The van der Waals surface area contributed by atoms with E-state index >= 15 is 0 Å². The average Bonchev–Trinajstić information content (AvgIpc) is 3.10. The maximum atomic E-state index is 13.4. The van der Waals surface area contributed by atoms with Crippen molar-refractivity contribution in [1.29, 1.82) is 0 Å². The van der Waals surface area contributed by atoms with E-state index in [1.54, 1.807) is 49.5 Å². The van der Waals surface area contributed by atoms with Crippen molar-refractivity contribution in [3.05, 3.63) is 76.6 Å². The number of amides is 1. The number of nitrogen functional groups attached to an aromatic ring is 1. The molecule has 0 atom stereocenters. The first-order valence-corrected chi connectivity index (χ1v) is 10.2. The van der Waals surface area contributed by atoms with E-state index in [-0.39, 0.29) is 17.4 Å². The van der Waals surface area contributed by atoms with Gasteiger partial charge in [-0.15, -0.1) is 0 Å². The predicted molar refractivity (Wildman–Crippen MR) is 125 cm³/mol. The van der Waals surface area contributed by atoms with Gasteiger partial charge in [-0.25, -0.2) is 24.3 Å². The van der Waals surface area contributed by atoms with E-state index in [0.717, 1.165) is 6.42 Å². The Morgan fingerprint density at radius 1 is 1.09 bits per heavy atom. The molecule has 4 aromatic rings. The van der Waals surface area contributed by atoms with Crippen molar-refractivity contribution in [3.63, 3.8) is 0 Å². The van der Waals surface area contributed by atoms with E-state index in [1.807, 2.05) is 6.92 Å². The number of fused-ring (bicyclic) bond motifs is 1. The van der Waals surface area contributed by atoms with Crippen LogP contribution in [0.3, 0.4) is 0 Å². The fraction of sp³-hybridized carbons (Fsp3) is 0.136. The monoisotopic (exact) mass is 449 g/mol. The number of imidazole rings is 1. The van der Waals surface area contributed by atoms with Gasteiger partial charge in [0.1, 0.15) is 17.7 Å². The van der Waals surface area contributed by atoms with Gasteiger partial charge >= 0.3 is 5.69 Å². The van der Waals surface area contributed by atoms with Crippen LogP contribution in [0.15, 0.2) is 65.9 Å². The van der Waals surface area contributed by atoms with Crippen LogP contribution in [0.4, 0.5) is 11.6 Å². The van der Waals surface area contributed by atoms with Gasteiger partial charge < -0.3 is 5.73 Å². The van der Waals surface area contributed by atoms with Gasteiger partial charge in [-0.3, -0.25) is 14.3 Å². The molecule has 0 saturated heterocycles. The number of allylic oxidation sites excluding steroid dienone is 1. The maximum absolute atomic E-state index is 13.4. The SMILES string of the molecule is CC/C=C/C(=O)N(C)c1ccc(-n2c(=O)n(-c3ccc(Cl)cc3)c3c(N)ncnc32)cn1. The molecule has 0 aliphatic rings. The number of carbonyl (C=O) groups excluding carboxylic acids is 1. The van der Waals surface area contributed by atoms with Gasteiger partial charge in [-0.1, -0.05) is 24.6 Å². The number of hydrogen-bond donors (Lipinski definition) is 1. The smallest absolute Gasteiger partial charge is 0.339 e. The first kappa shape index (κ1) is 21.3. The third kappa shape index (κ3) is 3.74. The van der Waals surface area contributed by atoms with Crippen molar-refractivity contribution in [3.8, 4) is 11.4 Å². The Hall–Kier alpha value is -3.98. The van der Waals surface area contributed by atoms with Crippen LogP contribution in [0.2, 0.25) is 5.02 Å². The maximum Gasteiger partial charge on any atom is 0.339 e. The molecule has 0 aliphatic carbocycles. The fourth-order valence-corrected chi connectivity index (χ4v) is 3.39. The van der Waals surface area contributed by atoms with Crippen LogP contribution in [0.1, 0.15) is 13.3 Å². The van der Waals surface area contributed by atoms with E-state index < -0.39 is 0 Å². The second-order valence-corrected chi connectivity index (χ2v) is 7.38. The Morgan fingerprint density at radius 3 is 2.47 bits per heavy atom. The van der Waals surface area contributed by atoms with Gasteiger partial charge in [0, 0.05) is 12.1 Å². The molecule has 0 radical (unpaired) electrons. The largest absolute Gasteiger partial charge is 0.382 e. The third-order valence-electron chi connectivity index (χ3n) is 4.89. The Morgan fingerprint density at radius 2 is 1.81 bits per heavy atom. The third-order valence-corrected chi connectivity index (χ3v) is 5.15. The zero-order valence-electron chi connectivity index (χ0n) is 17.4. The molecule has 0 aliphatic heterocycles. The van der Waals surface area contributed by atoms with Crippen molar-refractivity contribution < 1.29 is 4.79 Å². The minimum Gasteiger partial charge on any atom is -0.382 e. The zero-order chi connectivity index (χ0) is 22.8. The lowest BCUT2D eigenvalue weighted by Gasteiger charge is -2.14. The highest BCUT2D eigenvalue weighted by atomic mass is 35.5. The van der Waals surface area contributed by atoms with Gasteiger partial charge in [-0.2, -0.15) is 0 Å². The Kier molecular flexibility index (Phi) is 5.74. The van der Waals surface area contributed by atoms with E-state index in [4.69, 9.17) is 17.3 Å². The summed E-state index contributed by atoms with van der Waals surface area (Å²) in [6.45, 7) is 1.95. The molecule has 10 heteroatoms. The number of likely N-dealkylation sites (N-methyl/N-ethyl adjacent to an activating group) is 1. The van der Waals surface area contributed by atoms with Crippen LogP contribution in [-0.2, 0) is 4.79 Å². The molecule has 1 aromatic carbocycles. The molecule has 162 valence electrons. The summed E-state index contributed by atoms with van der Waals surface area (Å²) in [6, 6.07) is 10.2. The van der Waals surface area contributed by atoms with Gasteiger partial charge in [0.2, 0.25) is 0 Å². The molecule has 0 spiro atoms. The molecule has 3 aromatic heterocycles. The molecule has 0 bridgehead atoms. The lowest BCUT2D eigenvalue weighted by molar-refractivity contribution is -0.113. The summed E-state index contributed by atoms with van der Waals surface area (Å²) in [5, 5.41) is 0.544. The van der Waals surface area contributed by atoms with Crippen LogP contribution in [0, 0.1) is 0 Å². The van der Waals surface area contributed by atoms with Crippen LogP contribution in [-0.4, -0.2) is 37.0 Å². The number of halogens is 1. The standard InChI is InChI=1S/C22H20ClN7O2/c1-3-4-5-18(31)28(2)17-11-10-16(12-25-17)30-21-19(20(24)26-13-27-21)29(22(30)32)15-8-6-14(23)7-9-15/h4-13H,3H2,1-2H3,(H2,24,26,27)/b5-4+. The van der Waals surface area contributed by atoms with Crippen molar-refractivity contribution in [2.45, 2.75) is 13.3 Å². The molecule has 4 rings (SSSR count). The zero-order valence-corrected chi connectivity index (χ0v) is 18.2. The summed E-state index contributed by atoms with van der Waals surface area (Å²) in [4.78, 5) is 39.8. The van der Waals surface area contributed by atoms with Crippen LogP contribution in [0.5, 0.6) is 0 Å². The summed E-state index contributed by atoms with van der Waals surface area (Å²) in [5.74, 6) is 0.422. The summed E-state index contributed by atoms with van der Waals surface area (Å²) >= 11 is 6.00. The number of anilines is 2. The molecule has 0 fully saturated rings.